The standard InChI is InChI=1S/C20H22N6O2/c1-12-21-16(11-17(27)26(12)14-5-3-2-4-6-14)25-10-9-15(13-7-8-13)18(25)19-22-20(28)24-23-19/h2-6,11,13,15,18H,7-10H2,1H3,(H2,22,23,24,28). The molecule has 3 aromatic rings. The predicted octanol–water partition coefficient (Wildman–Crippen LogP) is 1.93. The minimum atomic E-state index is -0.306. The van der Waals surface area contributed by atoms with Gasteiger partial charge in [0.25, 0.3) is 5.56 Å². The first-order chi connectivity index (χ1) is 13.6. The maximum Gasteiger partial charge on any atom is 0.340 e. The van der Waals surface area contributed by atoms with E-state index in [-0.39, 0.29) is 17.3 Å². The van der Waals surface area contributed by atoms with Crippen LogP contribution in [-0.2, 0) is 0 Å². The summed E-state index contributed by atoms with van der Waals surface area (Å²) < 4.78 is 1.61. The van der Waals surface area contributed by atoms with Crippen molar-refractivity contribution in [1.29, 1.82) is 0 Å². The Bertz CT molecular complexity index is 1110. The van der Waals surface area contributed by atoms with Crippen LogP contribution in [0.3, 0.4) is 0 Å². The third-order valence-electron chi connectivity index (χ3n) is 5.85. The van der Waals surface area contributed by atoms with Crippen LogP contribution in [0.1, 0.15) is 37.0 Å². The summed E-state index contributed by atoms with van der Waals surface area (Å²) in [6.07, 6.45) is 3.43. The fourth-order valence-corrected chi connectivity index (χ4v) is 4.49. The number of anilines is 1. The van der Waals surface area contributed by atoms with Gasteiger partial charge in [0.15, 0.2) is 5.82 Å². The Morgan fingerprint density at radius 3 is 2.54 bits per heavy atom. The third kappa shape index (κ3) is 2.85. The number of aryl methyl sites for hydroxylation is 1. The van der Waals surface area contributed by atoms with Crippen LogP contribution in [0.25, 0.3) is 5.69 Å². The van der Waals surface area contributed by atoms with Crippen LogP contribution in [0.5, 0.6) is 0 Å². The van der Waals surface area contributed by atoms with E-state index >= 15 is 0 Å². The van der Waals surface area contributed by atoms with Gasteiger partial charge in [0.1, 0.15) is 11.6 Å². The van der Waals surface area contributed by atoms with E-state index in [0.717, 1.165) is 18.7 Å². The summed E-state index contributed by atoms with van der Waals surface area (Å²) in [4.78, 5) is 34.2. The van der Waals surface area contributed by atoms with Gasteiger partial charge in [-0.25, -0.2) is 14.9 Å². The van der Waals surface area contributed by atoms with Gasteiger partial charge in [0, 0.05) is 12.6 Å². The van der Waals surface area contributed by atoms with Crippen molar-refractivity contribution in [2.45, 2.75) is 32.2 Å². The Morgan fingerprint density at radius 1 is 1.11 bits per heavy atom. The van der Waals surface area contributed by atoms with Crippen molar-refractivity contribution in [3.8, 4) is 5.69 Å². The van der Waals surface area contributed by atoms with E-state index in [1.165, 1.54) is 12.8 Å². The van der Waals surface area contributed by atoms with Gasteiger partial charge in [-0.1, -0.05) is 18.2 Å². The molecule has 1 aromatic carbocycles. The molecule has 3 heterocycles. The number of rotatable bonds is 4. The first kappa shape index (κ1) is 17.0. The fraction of sp³-hybridized carbons (Fsp3) is 0.400. The molecule has 0 spiro atoms. The van der Waals surface area contributed by atoms with Crippen LogP contribution in [0.4, 0.5) is 5.82 Å². The van der Waals surface area contributed by atoms with Crippen molar-refractivity contribution < 1.29 is 0 Å². The highest BCUT2D eigenvalue weighted by Crippen LogP contribution is 2.50. The summed E-state index contributed by atoms with van der Waals surface area (Å²) >= 11 is 0. The molecule has 8 heteroatoms. The van der Waals surface area contributed by atoms with Gasteiger partial charge in [0.05, 0.1) is 11.7 Å². The first-order valence-corrected chi connectivity index (χ1v) is 9.69. The number of para-hydroxylation sites is 1. The molecule has 2 atom stereocenters. The van der Waals surface area contributed by atoms with E-state index < -0.39 is 0 Å². The zero-order valence-electron chi connectivity index (χ0n) is 15.6. The zero-order chi connectivity index (χ0) is 19.3. The van der Waals surface area contributed by atoms with Crippen molar-refractivity contribution in [3.63, 3.8) is 0 Å². The van der Waals surface area contributed by atoms with E-state index in [1.54, 1.807) is 10.6 Å². The summed E-state index contributed by atoms with van der Waals surface area (Å²) in [5, 5.41) is 6.67. The summed E-state index contributed by atoms with van der Waals surface area (Å²) in [6.45, 7) is 2.64. The molecule has 0 amide bonds. The number of nitrogens with one attached hydrogen (secondary N) is 2. The molecule has 1 aliphatic carbocycles. The lowest BCUT2D eigenvalue weighted by Gasteiger charge is -2.27. The molecule has 2 aromatic heterocycles. The van der Waals surface area contributed by atoms with Gasteiger partial charge >= 0.3 is 5.69 Å². The minimum Gasteiger partial charge on any atom is -0.346 e. The molecule has 2 fully saturated rings. The van der Waals surface area contributed by atoms with Gasteiger partial charge in [-0.2, -0.15) is 5.10 Å². The van der Waals surface area contributed by atoms with Crippen LogP contribution in [-0.4, -0.2) is 31.3 Å². The number of hydrogen-bond acceptors (Lipinski definition) is 5. The molecule has 0 bridgehead atoms. The second-order valence-electron chi connectivity index (χ2n) is 7.66. The summed E-state index contributed by atoms with van der Waals surface area (Å²) in [5.74, 6) is 2.98. The SMILES string of the molecule is Cc1nc(N2CCC(C3CC3)C2c2n[nH]c(=O)[nH]2)cc(=O)n1-c1ccccc1. The molecule has 144 valence electrons. The van der Waals surface area contributed by atoms with Crippen LogP contribution >= 0.6 is 0 Å². The van der Waals surface area contributed by atoms with Gasteiger partial charge in [-0.15, -0.1) is 0 Å². The Labute approximate surface area is 161 Å². The minimum absolute atomic E-state index is 0.0645. The smallest absolute Gasteiger partial charge is 0.340 e. The molecular weight excluding hydrogens is 356 g/mol. The van der Waals surface area contributed by atoms with Gasteiger partial charge in [0.2, 0.25) is 0 Å². The van der Waals surface area contributed by atoms with Crippen molar-refractivity contribution in [1.82, 2.24) is 24.7 Å². The number of aromatic amines is 2. The second kappa shape index (κ2) is 6.47. The average molecular weight is 378 g/mol. The lowest BCUT2D eigenvalue weighted by Crippen LogP contribution is -2.31. The first-order valence-electron chi connectivity index (χ1n) is 9.69. The Kier molecular flexibility index (Phi) is 3.92. The van der Waals surface area contributed by atoms with E-state index in [1.807, 2.05) is 37.3 Å². The second-order valence-corrected chi connectivity index (χ2v) is 7.66. The summed E-state index contributed by atoms with van der Waals surface area (Å²) in [6, 6.07) is 11.0. The average Bonchev–Trinajstić information content (AvgIpc) is 3.28. The number of benzene rings is 1. The van der Waals surface area contributed by atoms with Crippen LogP contribution in [0, 0.1) is 18.8 Å². The van der Waals surface area contributed by atoms with E-state index in [0.29, 0.717) is 29.3 Å². The van der Waals surface area contributed by atoms with E-state index in [4.69, 9.17) is 4.98 Å². The monoisotopic (exact) mass is 378 g/mol. The van der Waals surface area contributed by atoms with E-state index in [9.17, 15) is 9.59 Å². The largest absolute Gasteiger partial charge is 0.346 e. The number of aromatic nitrogens is 5. The molecule has 1 saturated carbocycles. The summed E-state index contributed by atoms with van der Waals surface area (Å²) in [7, 11) is 0. The molecule has 28 heavy (non-hydrogen) atoms. The number of H-pyrrole nitrogens is 2. The fourth-order valence-electron chi connectivity index (χ4n) is 4.49. The molecule has 1 aliphatic heterocycles. The molecule has 8 nitrogen and oxygen atoms in total. The summed E-state index contributed by atoms with van der Waals surface area (Å²) in [5.41, 5.74) is 0.382. The van der Waals surface area contributed by atoms with E-state index in [2.05, 4.69) is 20.1 Å². The molecular formula is C20H22N6O2. The highest BCUT2D eigenvalue weighted by Gasteiger charge is 2.46. The molecule has 2 aliphatic rings. The van der Waals surface area contributed by atoms with Crippen LogP contribution < -0.4 is 16.1 Å². The maximum absolute atomic E-state index is 12.9. The van der Waals surface area contributed by atoms with Crippen molar-refractivity contribution in [3.05, 3.63) is 68.9 Å². The third-order valence-corrected chi connectivity index (χ3v) is 5.85. The van der Waals surface area contributed by atoms with Crippen LogP contribution in [0.15, 0.2) is 46.0 Å². The topological polar surface area (TPSA) is 99.7 Å². The normalized spacial score (nSPS) is 22.0. The Morgan fingerprint density at radius 2 is 1.89 bits per heavy atom. The van der Waals surface area contributed by atoms with Crippen molar-refractivity contribution in [2.75, 3.05) is 11.4 Å². The molecule has 5 rings (SSSR count). The predicted molar refractivity (Wildman–Crippen MR) is 105 cm³/mol. The lowest BCUT2D eigenvalue weighted by atomic mass is 9.94. The zero-order valence-corrected chi connectivity index (χ0v) is 15.6. The Balaban J connectivity index is 1.56. The molecule has 2 N–H and O–H groups in total. The molecule has 1 saturated heterocycles. The van der Waals surface area contributed by atoms with Crippen LogP contribution in [0.2, 0.25) is 0 Å². The number of hydrogen-bond donors (Lipinski definition) is 2. The van der Waals surface area contributed by atoms with Crippen molar-refractivity contribution in [2.24, 2.45) is 11.8 Å². The van der Waals surface area contributed by atoms with Gasteiger partial charge in [-0.3, -0.25) is 14.3 Å². The van der Waals surface area contributed by atoms with Crippen molar-refractivity contribution >= 4 is 5.82 Å². The van der Waals surface area contributed by atoms with Gasteiger partial charge in [-0.05, 0) is 50.2 Å². The maximum atomic E-state index is 12.9. The quantitative estimate of drug-likeness (QED) is 0.723. The Hall–Kier alpha value is -3.16. The molecule has 0 radical (unpaired) electrons. The van der Waals surface area contributed by atoms with Gasteiger partial charge < -0.3 is 4.90 Å². The highest BCUT2D eigenvalue weighted by atomic mass is 16.1. The lowest BCUT2D eigenvalue weighted by molar-refractivity contribution is 0.414. The highest BCUT2D eigenvalue weighted by molar-refractivity contribution is 5.44. The number of nitrogens with zero attached hydrogens (tertiary/aromatic N) is 4. The molecule has 2 unspecified atom stereocenters.